The zero-order valence-electron chi connectivity index (χ0n) is 15.0. The lowest BCUT2D eigenvalue weighted by molar-refractivity contribution is -0.138. The van der Waals surface area contributed by atoms with Gasteiger partial charge in [-0.25, -0.2) is 4.68 Å². The lowest BCUT2D eigenvalue weighted by Crippen LogP contribution is -2.44. The van der Waals surface area contributed by atoms with Crippen LogP contribution in [0.4, 0.5) is 0 Å². The predicted molar refractivity (Wildman–Crippen MR) is 94.3 cm³/mol. The van der Waals surface area contributed by atoms with Crippen molar-refractivity contribution in [3.05, 3.63) is 47.3 Å². The molecule has 1 aliphatic rings. The SMILES string of the molecule is Cc1ccc(CN2C(=O)CCC2C(=O)NCc2cn(CC(=O)O)nn2)cc1. The lowest BCUT2D eigenvalue weighted by atomic mass is 10.1. The molecule has 0 aliphatic carbocycles. The summed E-state index contributed by atoms with van der Waals surface area (Å²) < 4.78 is 1.19. The number of carbonyl (C=O) groups is 3. The Kier molecular flexibility index (Phi) is 5.49. The second-order valence-corrected chi connectivity index (χ2v) is 6.58. The van der Waals surface area contributed by atoms with E-state index in [1.54, 1.807) is 4.90 Å². The van der Waals surface area contributed by atoms with Crippen LogP contribution in [0.2, 0.25) is 0 Å². The molecule has 27 heavy (non-hydrogen) atoms. The molecule has 1 aromatic heterocycles. The predicted octanol–water partition coefficient (Wildman–Crippen LogP) is 0.479. The molecule has 0 spiro atoms. The van der Waals surface area contributed by atoms with Crippen molar-refractivity contribution >= 4 is 17.8 Å². The topological polar surface area (TPSA) is 117 Å². The first-order chi connectivity index (χ1) is 12.9. The Labute approximate surface area is 156 Å². The number of carbonyl (C=O) groups excluding carboxylic acids is 2. The van der Waals surface area contributed by atoms with E-state index in [0.717, 1.165) is 11.1 Å². The molecule has 1 unspecified atom stereocenters. The molecule has 3 rings (SSSR count). The fraction of sp³-hybridized carbons (Fsp3) is 0.389. The van der Waals surface area contributed by atoms with Gasteiger partial charge in [-0.1, -0.05) is 35.0 Å². The van der Waals surface area contributed by atoms with Crippen LogP contribution in [0.1, 0.15) is 29.7 Å². The fourth-order valence-corrected chi connectivity index (χ4v) is 3.03. The average Bonchev–Trinajstić information content (AvgIpc) is 3.21. The van der Waals surface area contributed by atoms with Crippen molar-refractivity contribution in [3.8, 4) is 0 Å². The molecule has 0 saturated carbocycles. The van der Waals surface area contributed by atoms with E-state index >= 15 is 0 Å². The highest BCUT2D eigenvalue weighted by molar-refractivity contribution is 5.90. The summed E-state index contributed by atoms with van der Waals surface area (Å²) >= 11 is 0. The minimum absolute atomic E-state index is 0.0388. The van der Waals surface area contributed by atoms with Crippen molar-refractivity contribution in [2.24, 2.45) is 0 Å². The van der Waals surface area contributed by atoms with Gasteiger partial charge in [0.25, 0.3) is 0 Å². The highest BCUT2D eigenvalue weighted by atomic mass is 16.4. The third kappa shape index (κ3) is 4.69. The zero-order valence-corrected chi connectivity index (χ0v) is 15.0. The maximum Gasteiger partial charge on any atom is 0.325 e. The summed E-state index contributed by atoms with van der Waals surface area (Å²) in [5, 5.41) is 19.0. The van der Waals surface area contributed by atoms with Crippen molar-refractivity contribution in [3.63, 3.8) is 0 Å². The molecule has 1 aliphatic heterocycles. The molecule has 1 saturated heterocycles. The zero-order chi connectivity index (χ0) is 19.4. The van der Waals surface area contributed by atoms with Crippen LogP contribution in [-0.4, -0.2) is 48.8 Å². The number of carboxylic acids is 1. The number of aromatic nitrogens is 3. The Hall–Kier alpha value is -3.23. The van der Waals surface area contributed by atoms with Gasteiger partial charge in [0, 0.05) is 13.0 Å². The molecule has 0 bridgehead atoms. The Balaban J connectivity index is 1.59. The molecular formula is C18H21N5O4. The van der Waals surface area contributed by atoms with E-state index < -0.39 is 12.0 Å². The van der Waals surface area contributed by atoms with Crippen molar-refractivity contribution in [1.82, 2.24) is 25.2 Å². The maximum atomic E-state index is 12.5. The molecule has 2 amide bonds. The summed E-state index contributed by atoms with van der Waals surface area (Å²) in [4.78, 5) is 37.0. The van der Waals surface area contributed by atoms with E-state index in [2.05, 4.69) is 15.6 Å². The van der Waals surface area contributed by atoms with Crippen molar-refractivity contribution in [1.29, 1.82) is 0 Å². The van der Waals surface area contributed by atoms with Crippen LogP contribution in [-0.2, 0) is 34.0 Å². The molecule has 142 valence electrons. The van der Waals surface area contributed by atoms with E-state index in [-0.39, 0.29) is 24.9 Å². The third-order valence-corrected chi connectivity index (χ3v) is 4.43. The van der Waals surface area contributed by atoms with Crippen molar-refractivity contribution in [2.75, 3.05) is 0 Å². The molecule has 2 N–H and O–H groups in total. The molecule has 2 aromatic rings. The number of hydrogen-bond donors (Lipinski definition) is 2. The van der Waals surface area contributed by atoms with E-state index in [1.165, 1.54) is 10.9 Å². The van der Waals surface area contributed by atoms with Crippen LogP contribution in [0.15, 0.2) is 30.5 Å². The first-order valence-electron chi connectivity index (χ1n) is 8.66. The largest absolute Gasteiger partial charge is 0.480 e. The number of likely N-dealkylation sites (tertiary alicyclic amines) is 1. The monoisotopic (exact) mass is 371 g/mol. The number of rotatable bonds is 7. The summed E-state index contributed by atoms with van der Waals surface area (Å²) in [6.45, 7) is 2.23. The summed E-state index contributed by atoms with van der Waals surface area (Å²) in [6, 6.07) is 7.34. The third-order valence-electron chi connectivity index (χ3n) is 4.43. The van der Waals surface area contributed by atoms with Crippen LogP contribution in [0.5, 0.6) is 0 Å². The number of amides is 2. The molecule has 9 heteroatoms. The van der Waals surface area contributed by atoms with Crippen LogP contribution in [0.25, 0.3) is 0 Å². The van der Waals surface area contributed by atoms with Gasteiger partial charge in [0.2, 0.25) is 11.8 Å². The second kappa shape index (κ2) is 7.98. The van der Waals surface area contributed by atoms with Crippen LogP contribution >= 0.6 is 0 Å². The number of aliphatic carboxylic acids is 1. The molecule has 1 fully saturated rings. The van der Waals surface area contributed by atoms with E-state index in [0.29, 0.717) is 25.1 Å². The normalized spacial score (nSPS) is 16.6. The Bertz CT molecular complexity index is 846. The standard InChI is InChI=1S/C18H21N5O4/c1-12-2-4-13(5-3-12)9-23-15(6-7-16(23)24)18(27)19-8-14-10-22(21-20-14)11-17(25)26/h2-5,10,15H,6-9,11H2,1H3,(H,19,27)(H,25,26). The van der Waals surface area contributed by atoms with E-state index in [9.17, 15) is 14.4 Å². The van der Waals surface area contributed by atoms with Gasteiger partial charge in [0.15, 0.2) is 0 Å². The second-order valence-electron chi connectivity index (χ2n) is 6.58. The molecule has 1 atom stereocenters. The van der Waals surface area contributed by atoms with E-state index in [1.807, 2.05) is 31.2 Å². The summed E-state index contributed by atoms with van der Waals surface area (Å²) in [5.41, 5.74) is 2.57. The first kappa shape index (κ1) is 18.6. The van der Waals surface area contributed by atoms with Gasteiger partial charge in [0.05, 0.1) is 12.7 Å². The summed E-state index contributed by atoms with van der Waals surface area (Å²) in [5.74, 6) is -1.31. The van der Waals surface area contributed by atoms with Gasteiger partial charge in [-0.05, 0) is 18.9 Å². The highest BCUT2D eigenvalue weighted by Gasteiger charge is 2.35. The average molecular weight is 371 g/mol. The Morgan fingerprint density at radius 3 is 2.74 bits per heavy atom. The van der Waals surface area contributed by atoms with Gasteiger partial charge in [-0.2, -0.15) is 0 Å². The van der Waals surface area contributed by atoms with Crippen molar-refractivity contribution in [2.45, 2.75) is 45.4 Å². The summed E-state index contributed by atoms with van der Waals surface area (Å²) in [7, 11) is 0. The molecule has 9 nitrogen and oxygen atoms in total. The number of aryl methyl sites for hydroxylation is 1. The molecule has 1 aromatic carbocycles. The maximum absolute atomic E-state index is 12.5. The van der Waals surface area contributed by atoms with Crippen LogP contribution in [0.3, 0.4) is 0 Å². The minimum atomic E-state index is -1.02. The Morgan fingerprint density at radius 2 is 2.04 bits per heavy atom. The fourth-order valence-electron chi connectivity index (χ4n) is 3.03. The number of nitrogens with zero attached hydrogens (tertiary/aromatic N) is 4. The Morgan fingerprint density at radius 1 is 1.30 bits per heavy atom. The minimum Gasteiger partial charge on any atom is -0.480 e. The van der Waals surface area contributed by atoms with Gasteiger partial charge < -0.3 is 15.3 Å². The lowest BCUT2D eigenvalue weighted by Gasteiger charge is -2.24. The molecule has 2 heterocycles. The van der Waals surface area contributed by atoms with Crippen LogP contribution < -0.4 is 5.32 Å². The highest BCUT2D eigenvalue weighted by Crippen LogP contribution is 2.22. The van der Waals surface area contributed by atoms with E-state index in [4.69, 9.17) is 5.11 Å². The summed E-state index contributed by atoms with van der Waals surface area (Å²) in [6.07, 6.45) is 2.29. The number of nitrogens with one attached hydrogen (secondary N) is 1. The van der Waals surface area contributed by atoms with Gasteiger partial charge >= 0.3 is 5.97 Å². The smallest absolute Gasteiger partial charge is 0.325 e. The number of carboxylic acid groups (broad SMARTS) is 1. The number of benzene rings is 1. The van der Waals surface area contributed by atoms with Gasteiger partial charge in [-0.15, -0.1) is 5.10 Å². The first-order valence-corrected chi connectivity index (χ1v) is 8.66. The molecule has 0 radical (unpaired) electrons. The van der Waals surface area contributed by atoms with Gasteiger partial charge in [0.1, 0.15) is 18.3 Å². The molecular weight excluding hydrogens is 350 g/mol. The van der Waals surface area contributed by atoms with Gasteiger partial charge in [-0.3, -0.25) is 14.4 Å². The number of hydrogen-bond acceptors (Lipinski definition) is 5. The van der Waals surface area contributed by atoms with Crippen molar-refractivity contribution < 1.29 is 19.5 Å². The quantitative estimate of drug-likeness (QED) is 0.731. The van der Waals surface area contributed by atoms with Crippen LogP contribution in [0, 0.1) is 6.92 Å².